The van der Waals surface area contributed by atoms with Crippen LogP contribution >= 0.6 is 0 Å². The van der Waals surface area contributed by atoms with E-state index in [1.165, 1.54) is 12.3 Å². The molecular formula is C11H10N2O3. The fourth-order valence-electron chi connectivity index (χ4n) is 1.26. The minimum atomic E-state index is -0.423. The molecule has 0 unspecified atom stereocenters. The number of phenols is 1. The van der Waals surface area contributed by atoms with Crippen LogP contribution in [-0.2, 0) is 0 Å². The summed E-state index contributed by atoms with van der Waals surface area (Å²) in [7, 11) is 0. The number of benzene rings is 1. The molecule has 16 heavy (non-hydrogen) atoms. The zero-order valence-corrected chi connectivity index (χ0v) is 8.60. The Morgan fingerprint density at radius 1 is 1.44 bits per heavy atom. The molecule has 82 valence electrons. The first kappa shape index (κ1) is 10.2. The highest BCUT2D eigenvalue weighted by Gasteiger charge is 2.11. The minimum absolute atomic E-state index is 0.0249. The fraction of sp³-hybridized carbons (Fsp3) is 0.0909. The normalized spacial score (nSPS) is 10.1. The van der Waals surface area contributed by atoms with E-state index in [4.69, 9.17) is 0 Å². The van der Waals surface area contributed by atoms with Crippen LogP contribution in [0.4, 0.5) is 5.69 Å². The van der Waals surface area contributed by atoms with Crippen molar-refractivity contribution in [2.75, 3.05) is 5.32 Å². The highest BCUT2D eigenvalue weighted by atomic mass is 16.5. The molecule has 0 aliphatic rings. The third-order valence-corrected chi connectivity index (χ3v) is 2.07. The van der Waals surface area contributed by atoms with Gasteiger partial charge in [-0.3, -0.25) is 4.79 Å². The monoisotopic (exact) mass is 218 g/mol. The Balaban J connectivity index is 2.18. The fourth-order valence-corrected chi connectivity index (χ4v) is 1.26. The van der Waals surface area contributed by atoms with Crippen molar-refractivity contribution in [1.29, 1.82) is 0 Å². The Kier molecular flexibility index (Phi) is 2.59. The maximum atomic E-state index is 11.6. The Hall–Kier alpha value is -2.30. The SMILES string of the molecule is Cc1ccc(NC(=O)c2ccon2)c(O)c1. The predicted octanol–water partition coefficient (Wildman–Crippen LogP) is 1.94. The molecule has 1 heterocycles. The van der Waals surface area contributed by atoms with Crippen LogP contribution in [0.1, 0.15) is 16.1 Å². The molecule has 5 nitrogen and oxygen atoms in total. The van der Waals surface area contributed by atoms with Gasteiger partial charge in [0.15, 0.2) is 5.69 Å². The van der Waals surface area contributed by atoms with Crippen LogP contribution in [0.5, 0.6) is 5.75 Å². The third-order valence-electron chi connectivity index (χ3n) is 2.07. The molecule has 5 heteroatoms. The lowest BCUT2D eigenvalue weighted by Crippen LogP contribution is -2.12. The molecule has 2 aromatic rings. The van der Waals surface area contributed by atoms with Gasteiger partial charge in [0, 0.05) is 6.07 Å². The van der Waals surface area contributed by atoms with Crippen molar-refractivity contribution in [3.8, 4) is 5.75 Å². The van der Waals surface area contributed by atoms with Crippen LogP contribution in [0.2, 0.25) is 0 Å². The van der Waals surface area contributed by atoms with E-state index in [0.29, 0.717) is 5.69 Å². The Labute approximate surface area is 91.7 Å². The highest BCUT2D eigenvalue weighted by Crippen LogP contribution is 2.24. The summed E-state index contributed by atoms with van der Waals surface area (Å²) in [6.45, 7) is 1.85. The summed E-state index contributed by atoms with van der Waals surface area (Å²) in [5.74, 6) is -0.398. The van der Waals surface area contributed by atoms with E-state index in [2.05, 4.69) is 15.0 Å². The summed E-state index contributed by atoms with van der Waals surface area (Å²) < 4.78 is 4.55. The molecule has 1 aromatic carbocycles. The molecule has 0 atom stereocenters. The van der Waals surface area contributed by atoms with Gasteiger partial charge in [-0.15, -0.1) is 0 Å². The summed E-state index contributed by atoms with van der Waals surface area (Å²) in [4.78, 5) is 11.6. The van der Waals surface area contributed by atoms with Crippen molar-refractivity contribution in [1.82, 2.24) is 5.16 Å². The van der Waals surface area contributed by atoms with Gasteiger partial charge in [-0.25, -0.2) is 0 Å². The number of anilines is 1. The van der Waals surface area contributed by atoms with Crippen molar-refractivity contribution in [3.63, 3.8) is 0 Å². The third kappa shape index (κ3) is 2.03. The number of aromatic nitrogens is 1. The second kappa shape index (κ2) is 4.06. The molecule has 0 aliphatic carbocycles. The van der Waals surface area contributed by atoms with Gasteiger partial charge in [-0.05, 0) is 24.6 Å². The lowest BCUT2D eigenvalue weighted by Gasteiger charge is -2.05. The average molecular weight is 218 g/mol. The van der Waals surface area contributed by atoms with Crippen LogP contribution < -0.4 is 5.32 Å². The summed E-state index contributed by atoms with van der Waals surface area (Å²) in [5, 5.41) is 15.6. The van der Waals surface area contributed by atoms with Gasteiger partial charge >= 0.3 is 0 Å². The number of carbonyl (C=O) groups excluding carboxylic acids is 1. The smallest absolute Gasteiger partial charge is 0.277 e. The molecule has 0 saturated carbocycles. The second-order valence-electron chi connectivity index (χ2n) is 3.36. The molecule has 2 N–H and O–H groups in total. The predicted molar refractivity (Wildman–Crippen MR) is 57.3 cm³/mol. The first-order valence-electron chi connectivity index (χ1n) is 4.68. The second-order valence-corrected chi connectivity index (χ2v) is 3.36. The minimum Gasteiger partial charge on any atom is -0.506 e. The first-order chi connectivity index (χ1) is 7.66. The molecule has 0 radical (unpaired) electrons. The van der Waals surface area contributed by atoms with E-state index in [1.54, 1.807) is 18.2 Å². The molecule has 0 saturated heterocycles. The largest absolute Gasteiger partial charge is 0.506 e. The number of nitrogens with zero attached hydrogens (tertiary/aromatic N) is 1. The highest BCUT2D eigenvalue weighted by molar-refractivity contribution is 6.03. The van der Waals surface area contributed by atoms with E-state index in [-0.39, 0.29) is 11.4 Å². The van der Waals surface area contributed by atoms with Gasteiger partial charge in [-0.2, -0.15) is 0 Å². The maximum Gasteiger partial charge on any atom is 0.277 e. The van der Waals surface area contributed by atoms with Crippen molar-refractivity contribution in [2.24, 2.45) is 0 Å². The van der Waals surface area contributed by atoms with Crippen molar-refractivity contribution in [2.45, 2.75) is 6.92 Å². The maximum absolute atomic E-state index is 11.6. The lowest BCUT2D eigenvalue weighted by molar-refractivity contribution is 0.101. The molecule has 1 amide bonds. The number of amides is 1. The Morgan fingerprint density at radius 3 is 2.88 bits per heavy atom. The van der Waals surface area contributed by atoms with E-state index < -0.39 is 5.91 Å². The summed E-state index contributed by atoms with van der Waals surface area (Å²) in [6.07, 6.45) is 1.31. The lowest BCUT2D eigenvalue weighted by atomic mass is 10.2. The quantitative estimate of drug-likeness (QED) is 0.755. The molecule has 2 rings (SSSR count). The number of rotatable bonds is 2. The topological polar surface area (TPSA) is 75.4 Å². The van der Waals surface area contributed by atoms with Crippen LogP contribution in [0.15, 0.2) is 35.1 Å². The Morgan fingerprint density at radius 2 is 2.25 bits per heavy atom. The number of phenolic OH excluding ortho intramolecular Hbond substituents is 1. The number of hydrogen-bond donors (Lipinski definition) is 2. The Bertz CT molecular complexity index is 506. The van der Waals surface area contributed by atoms with E-state index in [0.717, 1.165) is 5.56 Å². The van der Waals surface area contributed by atoms with Crippen LogP contribution in [0, 0.1) is 6.92 Å². The summed E-state index contributed by atoms with van der Waals surface area (Å²) in [5.41, 5.74) is 1.43. The number of nitrogens with one attached hydrogen (secondary N) is 1. The molecule has 0 aliphatic heterocycles. The van der Waals surface area contributed by atoms with Gasteiger partial charge in [0.25, 0.3) is 5.91 Å². The number of aromatic hydroxyl groups is 1. The number of aryl methyl sites for hydroxylation is 1. The molecule has 1 aromatic heterocycles. The average Bonchev–Trinajstić information content (AvgIpc) is 2.75. The molecule has 0 fully saturated rings. The van der Waals surface area contributed by atoms with Gasteiger partial charge in [0.1, 0.15) is 12.0 Å². The van der Waals surface area contributed by atoms with Crippen molar-refractivity contribution in [3.05, 3.63) is 41.8 Å². The van der Waals surface area contributed by atoms with Crippen LogP contribution in [0.25, 0.3) is 0 Å². The molecule has 0 spiro atoms. The van der Waals surface area contributed by atoms with Gasteiger partial charge < -0.3 is 14.9 Å². The van der Waals surface area contributed by atoms with Gasteiger partial charge in [-0.1, -0.05) is 11.2 Å². The zero-order valence-electron chi connectivity index (χ0n) is 8.60. The summed E-state index contributed by atoms with van der Waals surface area (Å²) in [6, 6.07) is 6.43. The molecular weight excluding hydrogens is 208 g/mol. The number of hydrogen-bond acceptors (Lipinski definition) is 4. The van der Waals surface area contributed by atoms with Crippen molar-refractivity contribution >= 4 is 11.6 Å². The number of carbonyl (C=O) groups is 1. The standard InChI is InChI=1S/C11H10N2O3/c1-7-2-3-8(10(14)6-7)12-11(15)9-4-5-16-13-9/h2-6,14H,1H3,(H,12,15). The van der Waals surface area contributed by atoms with Crippen LogP contribution in [0.3, 0.4) is 0 Å². The molecule has 0 bridgehead atoms. The van der Waals surface area contributed by atoms with Gasteiger partial charge in [0.05, 0.1) is 5.69 Å². The van der Waals surface area contributed by atoms with E-state index in [1.807, 2.05) is 6.92 Å². The summed E-state index contributed by atoms with van der Waals surface area (Å²) >= 11 is 0. The van der Waals surface area contributed by atoms with E-state index >= 15 is 0 Å². The van der Waals surface area contributed by atoms with Gasteiger partial charge in [0.2, 0.25) is 0 Å². The van der Waals surface area contributed by atoms with Crippen molar-refractivity contribution < 1.29 is 14.4 Å². The first-order valence-corrected chi connectivity index (χ1v) is 4.68. The van der Waals surface area contributed by atoms with Crippen LogP contribution in [-0.4, -0.2) is 16.2 Å². The zero-order chi connectivity index (χ0) is 11.5. The van der Waals surface area contributed by atoms with E-state index in [9.17, 15) is 9.90 Å².